The largest absolute Gasteiger partial charge is 0.308 e. The molecule has 0 radical (unpaired) electrons. The molecule has 0 aliphatic carbocycles. The van der Waals surface area contributed by atoms with Gasteiger partial charge in [-0.05, 0) is 26.2 Å². The molecule has 0 amide bonds. The van der Waals surface area contributed by atoms with Gasteiger partial charge in [-0.3, -0.25) is 4.68 Å². The Hall–Kier alpha value is -0.870. The molecular formula is C11H14BrN3. The summed E-state index contributed by atoms with van der Waals surface area (Å²) in [5.41, 5.74) is 1.19. The number of hydrogen-bond donors (Lipinski definition) is 0. The average molecular weight is 268 g/mol. The van der Waals surface area contributed by atoms with E-state index >= 15 is 0 Å². The Morgan fingerprint density at radius 1 is 1.40 bits per heavy atom. The van der Waals surface area contributed by atoms with E-state index in [4.69, 9.17) is 0 Å². The van der Waals surface area contributed by atoms with E-state index in [2.05, 4.69) is 52.2 Å². The first kappa shape index (κ1) is 10.6. The standard InChI is InChI=1S/C11H14BrN3/c1-14(2)5-6-15-11-7-10(12)4-3-9(11)8-13-15/h3-4,7-8H,5-6H2,1-2H3. The lowest BCUT2D eigenvalue weighted by Crippen LogP contribution is -2.18. The summed E-state index contributed by atoms with van der Waals surface area (Å²) in [5.74, 6) is 0. The maximum atomic E-state index is 4.38. The number of nitrogens with zero attached hydrogens (tertiary/aromatic N) is 3. The highest BCUT2D eigenvalue weighted by Crippen LogP contribution is 2.19. The molecular weight excluding hydrogens is 254 g/mol. The quantitative estimate of drug-likeness (QED) is 0.852. The number of fused-ring (bicyclic) bond motifs is 1. The van der Waals surface area contributed by atoms with Crippen molar-refractivity contribution in [1.82, 2.24) is 14.7 Å². The third-order valence-corrected chi connectivity index (χ3v) is 2.86. The molecule has 0 unspecified atom stereocenters. The maximum absolute atomic E-state index is 4.38. The molecule has 1 heterocycles. The molecule has 2 rings (SSSR count). The van der Waals surface area contributed by atoms with Crippen molar-refractivity contribution in [2.75, 3.05) is 20.6 Å². The Labute approximate surface area is 97.8 Å². The van der Waals surface area contributed by atoms with Crippen LogP contribution in [0.3, 0.4) is 0 Å². The predicted molar refractivity (Wildman–Crippen MR) is 66.0 cm³/mol. The smallest absolute Gasteiger partial charge is 0.0694 e. The maximum Gasteiger partial charge on any atom is 0.0694 e. The lowest BCUT2D eigenvalue weighted by molar-refractivity contribution is 0.377. The van der Waals surface area contributed by atoms with Gasteiger partial charge in [-0.1, -0.05) is 22.0 Å². The van der Waals surface area contributed by atoms with Crippen LogP contribution in [0.2, 0.25) is 0 Å². The highest BCUT2D eigenvalue weighted by Gasteiger charge is 2.02. The van der Waals surface area contributed by atoms with Crippen molar-refractivity contribution >= 4 is 26.8 Å². The average Bonchev–Trinajstić information content (AvgIpc) is 2.57. The van der Waals surface area contributed by atoms with Crippen LogP contribution in [0.4, 0.5) is 0 Å². The molecule has 0 bridgehead atoms. The monoisotopic (exact) mass is 267 g/mol. The molecule has 0 saturated heterocycles. The molecule has 0 spiro atoms. The fourth-order valence-corrected chi connectivity index (χ4v) is 1.87. The first-order chi connectivity index (χ1) is 7.16. The zero-order chi connectivity index (χ0) is 10.8. The molecule has 80 valence electrons. The fourth-order valence-electron chi connectivity index (χ4n) is 1.52. The number of aromatic nitrogens is 2. The minimum absolute atomic E-state index is 0.924. The Kier molecular flexibility index (Phi) is 3.07. The number of benzene rings is 1. The third-order valence-electron chi connectivity index (χ3n) is 2.37. The van der Waals surface area contributed by atoms with Crippen molar-refractivity contribution in [3.63, 3.8) is 0 Å². The van der Waals surface area contributed by atoms with Gasteiger partial charge >= 0.3 is 0 Å². The number of hydrogen-bond acceptors (Lipinski definition) is 2. The van der Waals surface area contributed by atoms with Crippen molar-refractivity contribution in [2.24, 2.45) is 0 Å². The Morgan fingerprint density at radius 3 is 2.93 bits per heavy atom. The van der Waals surface area contributed by atoms with E-state index in [1.165, 1.54) is 10.9 Å². The molecule has 1 aromatic heterocycles. The molecule has 1 aromatic carbocycles. The first-order valence-electron chi connectivity index (χ1n) is 4.92. The summed E-state index contributed by atoms with van der Waals surface area (Å²) in [4.78, 5) is 2.16. The van der Waals surface area contributed by atoms with Gasteiger partial charge in [-0.15, -0.1) is 0 Å². The fraction of sp³-hybridized carbons (Fsp3) is 0.364. The highest BCUT2D eigenvalue weighted by atomic mass is 79.9. The van der Waals surface area contributed by atoms with Gasteiger partial charge in [0.2, 0.25) is 0 Å². The van der Waals surface area contributed by atoms with Crippen molar-refractivity contribution in [3.05, 3.63) is 28.9 Å². The van der Waals surface area contributed by atoms with Crippen LogP contribution in [0.5, 0.6) is 0 Å². The van der Waals surface area contributed by atoms with E-state index in [9.17, 15) is 0 Å². The Balaban J connectivity index is 2.31. The van der Waals surface area contributed by atoms with E-state index in [-0.39, 0.29) is 0 Å². The van der Waals surface area contributed by atoms with Crippen LogP contribution in [-0.2, 0) is 6.54 Å². The predicted octanol–water partition coefficient (Wildman–Crippen LogP) is 2.36. The van der Waals surface area contributed by atoms with E-state index in [0.29, 0.717) is 0 Å². The lowest BCUT2D eigenvalue weighted by atomic mass is 10.2. The molecule has 0 aliphatic heterocycles. The summed E-state index contributed by atoms with van der Waals surface area (Å²) >= 11 is 3.48. The minimum atomic E-state index is 0.924. The molecule has 3 nitrogen and oxygen atoms in total. The number of halogens is 1. The third kappa shape index (κ3) is 2.38. The second-order valence-corrected chi connectivity index (χ2v) is 4.79. The van der Waals surface area contributed by atoms with Gasteiger partial charge in [0.25, 0.3) is 0 Å². The molecule has 2 aromatic rings. The van der Waals surface area contributed by atoms with E-state index < -0.39 is 0 Å². The van der Waals surface area contributed by atoms with Gasteiger partial charge in [0.1, 0.15) is 0 Å². The van der Waals surface area contributed by atoms with Crippen molar-refractivity contribution in [3.8, 4) is 0 Å². The van der Waals surface area contributed by atoms with Crippen LogP contribution in [-0.4, -0.2) is 35.3 Å². The zero-order valence-corrected chi connectivity index (χ0v) is 10.5. The van der Waals surface area contributed by atoms with Crippen LogP contribution in [0.15, 0.2) is 28.9 Å². The summed E-state index contributed by atoms with van der Waals surface area (Å²) in [6.07, 6.45) is 1.91. The van der Waals surface area contributed by atoms with Crippen LogP contribution in [0, 0.1) is 0 Å². The summed E-state index contributed by atoms with van der Waals surface area (Å²) in [5, 5.41) is 5.57. The highest BCUT2D eigenvalue weighted by molar-refractivity contribution is 9.10. The first-order valence-corrected chi connectivity index (χ1v) is 5.72. The van der Waals surface area contributed by atoms with Crippen LogP contribution in [0.25, 0.3) is 10.9 Å². The van der Waals surface area contributed by atoms with Crippen molar-refractivity contribution in [2.45, 2.75) is 6.54 Å². The normalized spacial score (nSPS) is 11.5. The van der Waals surface area contributed by atoms with Gasteiger partial charge in [-0.2, -0.15) is 5.10 Å². The van der Waals surface area contributed by atoms with Crippen LogP contribution < -0.4 is 0 Å². The number of likely N-dealkylation sites (N-methyl/N-ethyl adjacent to an activating group) is 1. The second-order valence-electron chi connectivity index (χ2n) is 3.87. The minimum Gasteiger partial charge on any atom is -0.308 e. The molecule has 0 saturated carbocycles. The van der Waals surface area contributed by atoms with E-state index in [1.807, 2.05) is 16.9 Å². The van der Waals surface area contributed by atoms with Crippen LogP contribution in [0.1, 0.15) is 0 Å². The summed E-state index contributed by atoms with van der Waals surface area (Å²) in [6, 6.07) is 6.23. The molecule has 4 heteroatoms. The Morgan fingerprint density at radius 2 is 2.20 bits per heavy atom. The number of rotatable bonds is 3. The van der Waals surface area contributed by atoms with Gasteiger partial charge < -0.3 is 4.90 Å². The molecule has 0 fully saturated rings. The van der Waals surface area contributed by atoms with Gasteiger partial charge in [0.15, 0.2) is 0 Å². The SMILES string of the molecule is CN(C)CCn1ncc2ccc(Br)cc21. The lowest BCUT2D eigenvalue weighted by Gasteiger charge is -2.09. The topological polar surface area (TPSA) is 21.1 Å². The van der Waals surface area contributed by atoms with E-state index in [0.717, 1.165) is 17.6 Å². The van der Waals surface area contributed by atoms with Crippen LogP contribution >= 0.6 is 15.9 Å². The summed E-state index contributed by atoms with van der Waals surface area (Å²) < 4.78 is 3.14. The van der Waals surface area contributed by atoms with Gasteiger partial charge in [0.05, 0.1) is 18.3 Å². The Bertz CT molecular complexity index is 462. The zero-order valence-electron chi connectivity index (χ0n) is 8.94. The molecule has 0 atom stereocenters. The second kappa shape index (κ2) is 4.33. The summed E-state index contributed by atoms with van der Waals surface area (Å²) in [6.45, 7) is 1.93. The van der Waals surface area contributed by atoms with Crippen molar-refractivity contribution in [1.29, 1.82) is 0 Å². The molecule has 0 aliphatic rings. The van der Waals surface area contributed by atoms with E-state index in [1.54, 1.807) is 0 Å². The van der Waals surface area contributed by atoms with Gasteiger partial charge in [0, 0.05) is 16.4 Å². The van der Waals surface area contributed by atoms with Crippen molar-refractivity contribution < 1.29 is 0 Å². The van der Waals surface area contributed by atoms with Gasteiger partial charge in [-0.25, -0.2) is 0 Å². The molecule has 0 N–H and O–H groups in total. The summed E-state index contributed by atoms with van der Waals surface area (Å²) in [7, 11) is 4.14. The molecule has 15 heavy (non-hydrogen) atoms.